The van der Waals surface area contributed by atoms with Crippen molar-refractivity contribution in [2.24, 2.45) is 0 Å². The van der Waals surface area contributed by atoms with Crippen LogP contribution in [0.4, 0.5) is 0 Å². The topological polar surface area (TPSA) is 30.5 Å². The molecule has 3 heteroatoms. The van der Waals surface area contributed by atoms with Crippen LogP contribution in [-0.4, -0.2) is 32.1 Å². The predicted octanol–water partition coefficient (Wildman–Crippen LogP) is 1.28. The number of hydrogen-bond donors (Lipinski definition) is 1. The molecular weight excluding hydrogens is 166 g/mol. The van der Waals surface area contributed by atoms with Gasteiger partial charge in [0, 0.05) is 12.6 Å². The minimum atomic E-state index is 0.0798. The van der Waals surface area contributed by atoms with E-state index >= 15 is 0 Å². The van der Waals surface area contributed by atoms with E-state index in [0.717, 1.165) is 26.2 Å². The highest BCUT2D eigenvalue weighted by Gasteiger charge is 2.18. The van der Waals surface area contributed by atoms with Gasteiger partial charge in [-0.15, -0.1) is 0 Å². The summed E-state index contributed by atoms with van der Waals surface area (Å²) in [4.78, 5) is 0. The third kappa shape index (κ3) is 2.93. The molecule has 0 saturated carbocycles. The van der Waals surface area contributed by atoms with Crippen LogP contribution in [0.5, 0.6) is 0 Å². The van der Waals surface area contributed by atoms with E-state index in [-0.39, 0.29) is 6.29 Å². The van der Waals surface area contributed by atoms with Crippen molar-refractivity contribution in [3.63, 3.8) is 0 Å². The molecule has 0 aliphatic carbocycles. The maximum Gasteiger partial charge on any atom is 0.157 e. The molecule has 2 aliphatic rings. The molecular formula is C10H19NO2. The second kappa shape index (κ2) is 4.94. The Morgan fingerprint density at radius 1 is 1.23 bits per heavy atom. The Hall–Kier alpha value is -0.120. The minimum absolute atomic E-state index is 0.0798. The second-order valence-corrected chi connectivity index (χ2v) is 3.92. The van der Waals surface area contributed by atoms with E-state index < -0.39 is 0 Å². The zero-order chi connectivity index (χ0) is 8.93. The van der Waals surface area contributed by atoms with Crippen LogP contribution in [0.2, 0.25) is 0 Å². The average Bonchev–Trinajstić information content (AvgIpc) is 2.69. The third-order valence-electron chi connectivity index (χ3n) is 2.78. The number of hydrogen-bond acceptors (Lipinski definition) is 3. The Kier molecular flexibility index (Phi) is 3.58. The lowest BCUT2D eigenvalue weighted by molar-refractivity contribution is -0.165. The van der Waals surface area contributed by atoms with Gasteiger partial charge in [-0.2, -0.15) is 0 Å². The molecule has 2 saturated heterocycles. The fraction of sp³-hybridized carbons (Fsp3) is 1.00. The lowest BCUT2D eigenvalue weighted by Crippen LogP contribution is -2.31. The van der Waals surface area contributed by atoms with Gasteiger partial charge in [-0.25, -0.2) is 0 Å². The van der Waals surface area contributed by atoms with Gasteiger partial charge < -0.3 is 14.8 Å². The van der Waals surface area contributed by atoms with Crippen LogP contribution in [-0.2, 0) is 9.47 Å². The summed E-state index contributed by atoms with van der Waals surface area (Å²) in [6.45, 7) is 2.85. The molecule has 2 rings (SSSR count). The van der Waals surface area contributed by atoms with E-state index in [1.807, 2.05) is 0 Å². The summed E-state index contributed by atoms with van der Waals surface area (Å²) in [6, 6.07) is 0.575. The lowest BCUT2D eigenvalue weighted by atomic mass is 10.2. The van der Waals surface area contributed by atoms with Crippen molar-refractivity contribution in [3.8, 4) is 0 Å². The predicted molar refractivity (Wildman–Crippen MR) is 50.6 cm³/mol. The number of rotatable bonds is 3. The van der Waals surface area contributed by atoms with Gasteiger partial charge in [0.15, 0.2) is 6.29 Å². The Morgan fingerprint density at radius 3 is 2.92 bits per heavy atom. The Bertz CT molecular complexity index is 140. The van der Waals surface area contributed by atoms with Gasteiger partial charge in [-0.05, 0) is 38.6 Å². The van der Waals surface area contributed by atoms with E-state index in [2.05, 4.69) is 5.32 Å². The smallest absolute Gasteiger partial charge is 0.157 e. The van der Waals surface area contributed by atoms with Crippen molar-refractivity contribution >= 4 is 0 Å². The van der Waals surface area contributed by atoms with Gasteiger partial charge >= 0.3 is 0 Å². The van der Waals surface area contributed by atoms with Crippen LogP contribution in [0.3, 0.4) is 0 Å². The van der Waals surface area contributed by atoms with Crippen LogP contribution < -0.4 is 5.32 Å². The fourth-order valence-corrected chi connectivity index (χ4v) is 1.97. The molecule has 0 aromatic heterocycles. The third-order valence-corrected chi connectivity index (χ3v) is 2.78. The van der Waals surface area contributed by atoms with Crippen LogP contribution in [0.1, 0.15) is 32.1 Å². The summed E-state index contributed by atoms with van der Waals surface area (Å²) >= 11 is 0. The molecule has 2 fully saturated rings. The van der Waals surface area contributed by atoms with Crippen LogP contribution in [0.15, 0.2) is 0 Å². The molecule has 2 aliphatic heterocycles. The molecule has 76 valence electrons. The highest BCUT2D eigenvalue weighted by Crippen LogP contribution is 2.15. The average molecular weight is 185 g/mol. The van der Waals surface area contributed by atoms with E-state index in [1.165, 1.54) is 25.7 Å². The fourth-order valence-electron chi connectivity index (χ4n) is 1.97. The van der Waals surface area contributed by atoms with Crippen LogP contribution in [0, 0.1) is 0 Å². The highest BCUT2D eigenvalue weighted by atomic mass is 16.7. The summed E-state index contributed by atoms with van der Waals surface area (Å²) < 4.78 is 11.2. The number of ether oxygens (including phenoxy) is 2. The first-order chi connectivity index (χ1) is 6.45. The van der Waals surface area contributed by atoms with E-state index in [1.54, 1.807) is 0 Å². The molecule has 0 bridgehead atoms. The van der Waals surface area contributed by atoms with Gasteiger partial charge in [0.2, 0.25) is 0 Å². The van der Waals surface area contributed by atoms with Crippen molar-refractivity contribution in [3.05, 3.63) is 0 Å². The van der Waals surface area contributed by atoms with E-state index in [0.29, 0.717) is 6.04 Å². The summed E-state index contributed by atoms with van der Waals surface area (Å²) in [5, 5.41) is 3.42. The van der Waals surface area contributed by atoms with Crippen molar-refractivity contribution in [1.29, 1.82) is 0 Å². The standard InChI is InChI=1S/C10H19NO2/c1-2-7-12-10(5-1)13-8-9-4-3-6-11-9/h9-11H,1-8H2. The van der Waals surface area contributed by atoms with Crippen LogP contribution in [0.25, 0.3) is 0 Å². The Balaban J connectivity index is 1.60. The molecule has 2 atom stereocenters. The SMILES string of the molecule is C1CCC(OCC2CCCN2)OC1. The molecule has 0 radical (unpaired) electrons. The van der Waals surface area contributed by atoms with Gasteiger partial charge in [0.25, 0.3) is 0 Å². The van der Waals surface area contributed by atoms with Gasteiger partial charge in [-0.3, -0.25) is 0 Å². The molecule has 13 heavy (non-hydrogen) atoms. The van der Waals surface area contributed by atoms with E-state index in [9.17, 15) is 0 Å². The minimum Gasteiger partial charge on any atom is -0.353 e. The largest absolute Gasteiger partial charge is 0.353 e. The summed E-state index contributed by atoms with van der Waals surface area (Å²) in [5.74, 6) is 0. The first-order valence-electron chi connectivity index (χ1n) is 5.42. The van der Waals surface area contributed by atoms with Gasteiger partial charge in [0.1, 0.15) is 0 Å². The van der Waals surface area contributed by atoms with Crippen molar-refractivity contribution in [2.45, 2.75) is 44.4 Å². The van der Waals surface area contributed by atoms with Gasteiger partial charge in [0.05, 0.1) is 6.61 Å². The zero-order valence-corrected chi connectivity index (χ0v) is 8.13. The lowest BCUT2D eigenvalue weighted by Gasteiger charge is -2.24. The molecule has 2 unspecified atom stereocenters. The normalized spacial score (nSPS) is 35.1. The van der Waals surface area contributed by atoms with Crippen LogP contribution >= 0.6 is 0 Å². The first-order valence-corrected chi connectivity index (χ1v) is 5.42. The molecule has 0 aromatic rings. The molecule has 3 nitrogen and oxygen atoms in total. The summed E-state index contributed by atoms with van der Waals surface area (Å²) in [7, 11) is 0. The Labute approximate surface area is 79.8 Å². The summed E-state index contributed by atoms with van der Waals surface area (Å²) in [6.07, 6.45) is 6.15. The molecule has 0 spiro atoms. The second-order valence-electron chi connectivity index (χ2n) is 3.92. The van der Waals surface area contributed by atoms with Crippen molar-refractivity contribution < 1.29 is 9.47 Å². The highest BCUT2D eigenvalue weighted by molar-refractivity contribution is 4.73. The van der Waals surface area contributed by atoms with Crippen molar-refractivity contribution in [1.82, 2.24) is 5.32 Å². The molecule has 0 amide bonds. The van der Waals surface area contributed by atoms with E-state index in [4.69, 9.17) is 9.47 Å². The molecule has 0 aromatic carbocycles. The van der Waals surface area contributed by atoms with Gasteiger partial charge in [-0.1, -0.05) is 0 Å². The maximum absolute atomic E-state index is 5.68. The molecule has 1 N–H and O–H groups in total. The summed E-state index contributed by atoms with van der Waals surface area (Å²) in [5.41, 5.74) is 0. The molecule has 2 heterocycles. The Morgan fingerprint density at radius 2 is 2.23 bits per heavy atom. The van der Waals surface area contributed by atoms with Crippen molar-refractivity contribution in [2.75, 3.05) is 19.8 Å². The zero-order valence-electron chi connectivity index (χ0n) is 8.13. The number of nitrogens with one attached hydrogen (secondary N) is 1. The quantitative estimate of drug-likeness (QED) is 0.718. The maximum atomic E-state index is 5.68. The first kappa shape index (κ1) is 9.44. The monoisotopic (exact) mass is 185 g/mol.